The molecular weight excluding hydrogens is 194 g/mol. The van der Waals surface area contributed by atoms with E-state index < -0.39 is 0 Å². The van der Waals surface area contributed by atoms with Crippen LogP contribution in [0.4, 0.5) is 0 Å². The molecule has 0 atom stereocenters. The highest BCUT2D eigenvalue weighted by Gasteiger charge is 1.97. The molecule has 1 aromatic carbocycles. The maximum absolute atomic E-state index is 4.21. The van der Waals surface area contributed by atoms with Crippen molar-refractivity contribution in [3.63, 3.8) is 0 Å². The third-order valence-electron chi connectivity index (χ3n) is 2.93. The summed E-state index contributed by atoms with van der Waals surface area (Å²) in [7, 11) is 0. The van der Waals surface area contributed by atoms with Crippen LogP contribution in [0.3, 0.4) is 0 Å². The fourth-order valence-electron chi connectivity index (χ4n) is 1.98. The molecule has 1 heterocycles. The first-order valence-corrected chi connectivity index (χ1v) is 6.16. The standard InChI is InChI=1S/C15H18N/c1-2-3-4-5-7-13-9-10-15-14(12-13)8-6-11-16-15/h6,8-10,12H,2-5,7H2,1H3. The van der Waals surface area contributed by atoms with Crippen molar-refractivity contribution in [1.29, 1.82) is 0 Å². The van der Waals surface area contributed by atoms with Crippen LogP contribution in [0.5, 0.6) is 0 Å². The highest BCUT2D eigenvalue weighted by Crippen LogP contribution is 2.15. The lowest BCUT2D eigenvalue weighted by Gasteiger charge is -2.03. The van der Waals surface area contributed by atoms with Crippen LogP contribution in [0.25, 0.3) is 10.9 Å². The quantitative estimate of drug-likeness (QED) is 0.678. The van der Waals surface area contributed by atoms with Crippen molar-refractivity contribution < 1.29 is 0 Å². The summed E-state index contributed by atoms with van der Waals surface area (Å²) >= 11 is 0. The van der Waals surface area contributed by atoms with Gasteiger partial charge >= 0.3 is 0 Å². The topological polar surface area (TPSA) is 12.9 Å². The predicted molar refractivity (Wildman–Crippen MR) is 68.4 cm³/mol. The normalized spacial score (nSPS) is 10.8. The molecule has 0 saturated heterocycles. The summed E-state index contributed by atoms with van der Waals surface area (Å²) in [6.45, 7) is 2.25. The van der Waals surface area contributed by atoms with Crippen LogP contribution >= 0.6 is 0 Å². The van der Waals surface area contributed by atoms with Gasteiger partial charge in [-0.05, 0) is 36.6 Å². The number of hydrogen-bond acceptors (Lipinski definition) is 1. The molecule has 0 aliphatic heterocycles. The first-order valence-electron chi connectivity index (χ1n) is 6.16. The van der Waals surface area contributed by atoms with Crippen molar-refractivity contribution in [1.82, 2.24) is 4.98 Å². The van der Waals surface area contributed by atoms with Gasteiger partial charge in [-0.15, -0.1) is 0 Å². The molecule has 83 valence electrons. The van der Waals surface area contributed by atoms with E-state index in [1.807, 2.05) is 6.07 Å². The molecule has 1 heteroatoms. The van der Waals surface area contributed by atoms with Crippen molar-refractivity contribution in [3.05, 3.63) is 42.1 Å². The fourth-order valence-corrected chi connectivity index (χ4v) is 1.98. The van der Waals surface area contributed by atoms with E-state index in [-0.39, 0.29) is 0 Å². The Morgan fingerprint density at radius 3 is 2.94 bits per heavy atom. The third-order valence-corrected chi connectivity index (χ3v) is 2.93. The van der Waals surface area contributed by atoms with Gasteiger partial charge in [-0.25, -0.2) is 4.98 Å². The van der Waals surface area contributed by atoms with Gasteiger partial charge in [-0.3, -0.25) is 0 Å². The Kier molecular flexibility index (Phi) is 3.92. The zero-order chi connectivity index (χ0) is 11.2. The van der Waals surface area contributed by atoms with Gasteiger partial charge in [-0.2, -0.15) is 0 Å². The van der Waals surface area contributed by atoms with Crippen molar-refractivity contribution in [2.75, 3.05) is 0 Å². The van der Waals surface area contributed by atoms with Gasteiger partial charge in [0.25, 0.3) is 0 Å². The first kappa shape index (κ1) is 11.1. The molecule has 0 unspecified atom stereocenters. The monoisotopic (exact) mass is 212 g/mol. The molecule has 0 aliphatic rings. The zero-order valence-corrected chi connectivity index (χ0v) is 9.87. The molecule has 0 spiro atoms. The van der Waals surface area contributed by atoms with Gasteiger partial charge in [-0.1, -0.05) is 38.3 Å². The van der Waals surface area contributed by atoms with E-state index >= 15 is 0 Å². The van der Waals surface area contributed by atoms with Gasteiger partial charge < -0.3 is 0 Å². The van der Waals surface area contributed by atoms with E-state index in [9.17, 15) is 0 Å². The minimum atomic E-state index is 1.04. The molecule has 0 amide bonds. The average molecular weight is 212 g/mol. The highest BCUT2D eigenvalue weighted by atomic mass is 14.6. The highest BCUT2D eigenvalue weighted by molar-refractivity contribution is 5.78. The number of rotatable bonds is 5. The smallest absolute Gasteiger partial charge is 0.0894 e. The molecule has 2 aromatic rings. The summed E-state index contributed by atoms with van der Waals surface area (Å²) < 4.78 is 0. The Bertz CT molecular complexity index is 448. The Balaban J connectivity index is 2.02. The number of aromatic nitrogens is 1. The third kappa shape index (κ3) is 2.82. The summed E-state index contributed by atoms with van der Waals surface area (Å²) in [6.07, 6.45) is 9.35. The molecule has 0 N–H and O–H groups in total. The Morgan fingerprint density at radius 1 is 1.12 bits per heavy atom. The summed E-state index contributed by atoms with van der Waals surface area (Å²) in [5, 5.41) is 1.23. The summed E-state index contributed by atoms with van der Waals surface area (Å²) in [5.41, 5.74) is 2.47. The Hall–Kier alpha value is -1.37. The molecule has 0 saturated carbocycles. The van der Waals surface area contributed by atoms with Gasteiger partial charge in [0.1, 0.15) is 0 Å². The maximum atomic E-state index is 4.21. The van der Waals surface area contributed by atoms with Crippen molar-refractivity contribution in [2.45, 2.75) is 39.0 Å². The Labute approximate surface area is 97.5 Å². The lowest BCUT2D eigenvalue weighted by atomic mass is 10.0. The average Bonchev–Trinajstić information content (AvgIpc) is 2.34. The van der Waals surface area contributed by atoms with Gasteiger partial charge in [0, 0.05) is 5.39 Å². The number of aryl methyl sites for hydroxylation is 1. The van der Waals surface area contributed by atoms with E-state index in [4.69, 9.17) is 0 Å². The van der Waals surface area contributed by atoms with Crippen LogP contribution in [0.2, 0.25) is 0 Å². The lowest BCUT2D eigenvalue weighted by molar-refractivity contribution is 0.667. The molecule has 0 aliphatic carbocycles. The minimum absolute atomic E-state index is 1.04. The second-order valence-corrected chi connectivity index (χ2v) is 4.28. The van der Waals surface area contributed by atoms with Crippen molar-refractivity contribution in [2.24, 2.45) is 0 Å². The number of pyridine rings is 1. The van der Waals surface area contributed by atoms with Crippen LogP contribution in [-0.4, -0.2) is 4.98 Å². The summed E-state index contributed by atoms with van der Waals surface area (Å²) in [4.78, 5) is 4.21. The van der Waals surface area contributed by atoms with Crippen LogP contribution < -0.4 is 0 Å². The molecule has 0 bridgehead atoms. The predicted octanol–water partition coefficient (Wildman–Crippen LogP) is 4.16. The molecule has 1 aromatic heterocycles. The lowest BCUT2D eigenvalue weighted by Crippen LogP contribution is -1.87. The van der Waals surface area contributed by atoms with E-state index in [0.717, 1.165) is 5.52 Å². The van der Waals surface area contributed by atoms with Crippen LogP contribution in [-0.2, 0) is 6.42 Å². The van der Waals surface area contributed by atoms with Crippen LogP contribution in [0.15, 0.2) is 30.3 Å². The zero-order valence-electron chi connectivity index (χ0n) is 9.87. The van der Waals surface area contributed by atoms with Gasteiger partial charge in [0.15, 0.2) is 0 Å². The maximum Gasteiger partial charge on any atom is 0.0894 e. The summed E-state index contributed by atoms with van der Waals surface area (Å²) in [6, 6.07) is 10.5. The largest absolute Gasteiger partial charge is 0.246 e. The number of benzene rings is 1. The van der Waals surface area contributed by atoms with Crippen molar-refractivity contribution in [3.8, 4) is 0 Å². The van der Waals surface area contributed by atoms with Crippen molar-refractivity contribution >= 4 is 10.9 Å². The molecule has 1 nitrogen and oxygen atoms in total. The fraction of sp³-hybridized carbons (Fsp3) is 0.400. The molecule has 0 fully saturated rings. The van der Waals surface area contributed by atoms with E-state index in [1.165, 1.54) is 43.1 Å². The number of unbranched alkanes of at least 4 members (excludes halogenated alkanes) is 3. The molecule has 1 radical (unpaired) electrons. The number of nitrogens with zero attached hydrogens (tertiary/aromatic N) is 1. The minimum Gasteiger partial charge on any atom is -0.246 e. The molecular formula is C15H18N. The first-order chi connectivity index (χ1) is 7.90. The second kappa shape index (κ2) is 5.64. The van der Waals surface area contributed by atoms with E-state index in [1.54, 1.807) is 0 Å². The molecule has 16 heavy (non-hydrogen) atoms. The van der Waals surface area contributed by atoms with Gasteiger partial charge in [0.2, 0.25) is 0 Å². The second-order valence-electron chi connectivity index (χ2n) is 4.28. The molecule has 2 rings (SSSR count). The SMILES string of the molecule is CCCCCCc1ccc2n[c]ccc2c1. The number of fused-ring (bicyclic) bond motifs is 1. The van der Waals surface area contributed by atoms with Crippen LogP contribution in [0, 0.1) is 6.20 Å². The number of hydrogen-bond donors (Lipinski definition) is 0. The summed E-state index contributed by atoms with van der Waals surface area (Å²) in [5.74, 6) is 0. The van der Waals surface area contributed by atoms with Gasteiger partial charge in [0.05, 0.1) is 11.7 Å². The van der Waals surface area contributed by atoms with Crippen LogP contribution in [0.1, 0.15) is 38.2 Å². The van der Waals surface area contributed by atoms with E-state index in [2.05, 4.69) is 42.4 Å². The van der Waals surface area contributed by atoms with E-state index in [0.29, 0.717) is 0 Å². The Morgan fingerprint density at radius 2 is 2.06 bits per heavy atom.